The topological polar surface area (TPSA) is 179 Å². The Kier molecular flexibility index (Phi) is 4.88. The molecule has 0 saturated carbocycles. The van der Waals surface area contributed by atoms with Crippen LogP contribution in [0.15, 0.2) is 49.5 Å². The molecule has 0 aromatic heterocycles. The van der Waals surface area contributed by atoms with Crippen molar-refractivity contribution in [2.45, 2.75) is 26.4 Å². The first-order chi connectivity index (χ1) is 18.7. The van der Waals surface area contributed by atoms with Gasteiger partial charge in [0.25, 0.3) is 0 Å². The molecular weight excluding hydrogens is 520 g/mol. The lowest BCUT2D eigenvalue weighted by atomic mass is 9.88. The molecule has 3 aromatic rings. The summed E-state index contributed by atoms with van der Waals surface area (Å²) < 4.78 is 5.82. The Morgan fingerprint density at radius 2 is 1.32 bits per heavy atom. The van der Waals surface area contributed by atoms with Gasteiger partial charge in [0, 0.05) is 16.3 Å². The largest absolute Gasteiger partial charge is 0.507 e. The van der Waals surface area contributed by atoms with Gasteiger partial charge in [-0.25, -0.2) is 0 Å². The number of hydrogen-bond donors (Lipinski definition) is 5. The molecule has 0 radical (unpaired) electrons. The van der Waals surface area contributed by atoms with E-state index in [0.717, 1.165) is 12.1 Å². The van der Waals surface area contributed by atoms with Gasteiger partial charge in [-0.1, -0.05) is 6.07 Å². The molecule has 1 aliphatic heterocycles. The summed E-state index contributed by atoms with van der Waals surface area (Å²) in [6.07, 6.45) is 3.14. The predicted octanol–water partition coefficient (Wildman–Crippen LogP) is 2.72. The van der Waals surface area contributed by atoms with Crippen LogP contribution in [0.3, 0.4) is 0 Å². The van der Waals surface area contributed by atoms with Crippen LogP contribution in [-0.2, 0) is 0 Å². The van der Waals surface area contributed by atoms with E-state index in [2.05, 4.69) is 0 Å². The van der Waals surface area contributed by atoms with Crippen LogP contribution >= 0.6 is 0 Å². The molecule has 0 amide bonds. The van der Waals surface area contributed by atoms with Gasteiger partial charge >= 0.3 is 0 Å². The number of fused-ring (bicyclic) bond motifs is 3. The molecule has 0 spiro atoms. The van der Waals surface area contributed by atoms with Crippen LogP contribution in [0.4, 0.5) is 0 Å². The van der Waals surface area contributed by atoms with Gasteiger partial charge in [-0.05, 0) is 56.7 Å². The van der Waals surface area contributed by atoms with Gasteiger partial charge < -0.3 is 30.3 Å². The normalized spacial score (nSPS) is 14.1. The molecule has 0 atom stereocenters. The smallest absolute Gasteiger partial charge is 0.238 e. The summed E-state index contributed by atoms with van der Waals surface area (Å²) in [4.78, 5) is 51.2. The lowest BCUT2D eigenvalue weighted by Crippen LogP contribution is -2.32. The molecule has 10 heteroatoms. The maximum absolute atomic E-state index is 13.3. The third kappa shape index (κ3) is 3.10. The third-order valence-corrected chi connectivity index (χ3v) is 7.24. The zero-order valence-electron chi connectivity index (χ0n) is 21.2. The minimum atomic E-state index is -1.32. The SMILES string of the molecule is Cc1cc(-c2c(O)c3c(=O)ccc(=O)c=3c(=O)c2=O)c2c(O)c3c(O)c4c(c(O)c3c(O)c2c1)C=CC(C)(C)O4. The quantitative estimate of drug-likeness (QED) is 0.121. The number of benzene rings is 3. The molecule has 0 fully saturated rings. The Morgan fingerprint density at radius 1 is 0.700 bits per heavy atom. The van der Waals surface area contributed by atoms with Crippen molar-refractivity contribution >= 4 is 27.6 Å². The molecule has 3 aliphatic rings. The molecule has 1 heterocycles. The molecule has 0 saturated heterocycles. The van der Waals surface area contributed by atoms with Crippen LogP contribution in [0.25, 0.3) is 38.7 Å². The second-order valence-corrected chi connectivity index (χ2v) is 10.4. The number of phenols is 4. The lowest BCUT2D eigenvalue weighted by Gasteiger charge is -2.29. The number of aryl methyl sites for hydroxylation is 1. The van der Waals surface area contributed by atoms with E-state index in [0.29, 0.717) is 5.56 Å². The van der Waals surface area contributed by atoms with Gasteiger partial charge in [0.2, 0.25) is 10.9 Å². The standard InChI is InChI=1S/C30H20O10/c1-10-8-12(17-25(36)18-14(31)4-5-15(32)19(18)27(38)26(17)37)16-13(9-10)23(34)20-21(24(16)35)28(39)29-11(22(20)33)6-7-30(2,3)40-29/h4-9,33-36,39H,1-3H3. The van der Waals surface area contributed by atoms with E-state index in [1.54, 1.807) is 26.8 Å². The predicted molar refractivity (Wildman–Crippen MR) is 146 cm³/mol. The summed E-state index contributed by atoms with van der Waals surface area (Å²) in [6.45, 7) is 4.96. The van der Waals surface area contributed by atoms with Crippen LogP contribution in [0, 0.1) is 17.4 Å². The first-order valence-electron chi connectivity index (χ1n) is 12.1. The summed E-state index contributed by atoms with van der Waals surface area (Å²) in [5.74, 6) is -3.52. The second-order valence-electron chi connectivity index (χ2n) is 10.4. The maximum atomic E-state index is 13.3. The third-order valence-electron chi connectivity index (χ3n) is 7.24. The van der Waals surface area contributed by atoms with Gasteiger partial charge in [0.15, 0.2) is 22.4 Å². The minimum absolute atomic E-state index is 0.0626. The van der Waals surface area contributed by atoms with E-state index in [9.17, 15) is 44.7 Å². The minimum Gasteiger partial charge on any atom is -0.507 e. The summed E-state index contributed by atoms with van der Waals surface area (Å²) in [5, 5.41) is 53.8. The average molecular weight is 540 g/mol. The van der Waals surface area contributed by atoms with Crippen LogP contribution in [0.5, 0.6) is 34.5 Å². The van der Waals surface area contributed by atoms with Crippen molar-refractivity contribution < 1.29 is 30.3 Å². The number of hydrogen-bond acceptors (Lipinski definition) is 10. The zero-order chi connectivity index (χ0) is 29.0. The van der Waals surface area contributed by atoms with Crippen LogP contribution in [0.1, 0.15) is 25.0 Å². The van der Waals surface area contributed by atoms with Crippen molar-refractivity contribution in [2.24, 2.45) is 0 Å². The van der Waals surface area contributed by atoms with Crippen molar-refractivity contribution in [1.82, 2.24) is 0 Å². The van der Waals surface area contributed by atoms with Gasteiger partial charge in [-0.3, -0.25) is 19.2 Å². The lowest BCUT2D eigenvalue weighted by molar-refractivity contribution is 0.152. The van der Waals surface area contributed by atoms with E-state index in [1.165, 1.54) is 18.2 Å². The molecule has 0 bridgehead atoms. The molecule has 200 valence electrons. The van der Waals surface area contributed by atoms with Gasteiger partial charge in [-0.2, -0.15) is 0 Å². The highest BCUT2D eigenvalue weighted by molar-refractivity contribution is 6.20. The fourth-order valence-corrected chi connectivity index (χ4v) is 5.44. The van der Waals surface area contributed by atoms with Crippen LogP contribution < -0.4 is 26.5 Å². The van der Waals surface area contributed by atoms with E-state index >= 15 is 0 Å². The molecule has 40 heavy (non-hydrogen) atoms. The van der Waals surface area contributed by atoms with E-state index in [4.69, 9.17) is 4.74 Å². The first-order valence-corrected chi connectivity index (χ1v) is 12.1. The maximum Gasteiger partial charge on any atom is 0.238 e. The van der Waals surface area contributed by atoms with Crippen LogP contribution in [0.2, 0.25) is 0 Å². The van der Waals surface area contributed by atoms with Crippen LogP contribution in [-0.4, -0.2) is 31.1 Å². The van der Waals surface area contributed by atoms with Crippen molar-refractivity contribution in [3.8, 4) is 45.6 Å². The van der Waals surface area contributed by atoms with Gasteiger partial charge in [-0.15, -0.1) is 0 Å². The number of aromatic hydroxyl groups is 5. The molecule has 3 aromatic carbocycles. The molecule has 10 nitrogen and oxygen atoms in total. The molecule has 6 rings (SSSR count). The fraction of sp³-hybridized carbons (Fsp3) is 0.133. The molecule has 0 unspecified atom stereocenters. The summed E-state index contributed by atoms with van der Waals surface area (Å²) in [5.41, 5.74) is -5.78. The summed E-state index contributed by atoms with van der Waals surface area (Å²) in [6, 6.07) is 4.45. The highest BCUT2D eigenvalue weighted by Gasteiger charge is 2.33. The van der Waals surface area contributed by atoms with Crippen molar-refractivity contribution in [3.63, 3.8) is 0 Å². The molecule has 2 aliphatic carbocycles. The molecule has 5 N–H and O–H groups in total. The Hall–Kier alpha value is -5.38. The second kappa shape index (κ2) is 7.82. The highest BCUT2D eigenvalue weighted by atomic mass is 16.5. The highest BCUT2D eigenvalue weighted by Crippen LogP contribution is 2.57. The van der Waals surface area contributed by atoms with E-state index < -0.39 is 77.5 Å². The van der Waals surface area contributed by atoms with Gasteiger partial charge in [0.1, 0.15) is 28.6 Å². The number of rotatable bonds is 1. The summed E-state index contributed by atoms with van der Waals surface area (Å²) >= 11 is 0. The van der Waals surface area contributed by atoms with Crippen molar-refractivity contribution in [3.05, 3.63) is 92.8 Å². The fourth-order valence-electron chi connectivity index (χ4n) is 5.44. The Morgan fingerprint density at radius 3 is 2.00 bits per heavy atom. The number of ether oxygens (including phenoxy) is 1. The summed E-state index contributed by atoms with van der Waals surface area (Å²) in [7, 11) is 0. The van der Waals surface area contributed by atoms with E-state index in [1.807, 2.05) is 0 Å². The van der Waals surface area contributed by atoms with Gasteiger partial charge in [0.05, 0.1) is 32.3 Å². The Labute approximate surface area is 222 Å². The van der Waals surface area contributed by atoms with Crippen molar-refractivity contribution in [2.75, 3.05) is 0 Å². The Balaban J connectivity index is 1.88. The Bertz CT molecular complexity index is 2310. The number of phenolic OH excluding ortho intramolecular Hbond substituents is 4. The zero-order valence-corrected chi connectivity index (χ0v) is 21.2. The molecular formula is C30H20O10. The van der Waals surface area contributed by atoms with E-state index in [-0.39, 0.29) is 33.0 Å². The average Bonchev–Trinajstić information content (AvgIpc) is 2.88. The van der Waals surface area contributed by atoms with Crippen molar-refractivity contribution in [1.29, 1.82) is 0 Å². The first kappa shape index (κ1) is 24.9. The monoisotopic (exact) mass is 540 g/mol.